The van der Waals surface area contributed by atoms with E-state index in [1.54, 1.807) is 13.8 Å². The van der Waals surface area contributed by atoms with Crippen molar-refractivity contribution in [3.8, 4) is 0 Å². The number of anilines is 1. The molecule has 2 amide bonds. The van der Waals surface area contributed by atoms with E-state index in [0.29, 0.717) is 11.4 Å². The number of nitrogens with zero attached hydrogens (tertiary/aromatic N) is 4. The number of hydrogen-bond donors (Lipinski definition) is 1. The fourth-order valence-electron chi connectivity index (χ4n) is 3.26. The fourth-order valence-corrected chi connectivity index (χ4v) is 5.95. The molecular weight excluding hydrogens is 462 g/mol. The summed E-state index contributed by atoms with van der Waals surface area (Å²) in [7, 11) is -5.04. The Morgan fingerprint density at radius 1 is 1.09 bits per heavy atom. The molecule has 12 nitrogen and oxygen atoms in total. The Morgan fingerprint density at radius 3 is 2.19 bits per heavy atom. The number of benzene rings is 1. The zero-order valence-corrected chi connectivity index (χ0v) is 19.7. The van der Waals surface area contributed by atoms with E-state index in [9.17, 15) is 21.6 Å². The van der Waals surface area contributed by atoms with Gasteiger partial charge in [-0.05, 0) is 38.1 Å². The molecule has 2 heterocycles. The SMILES string of the molecule is CON(C)S(=O)(=O)c1ccc(NC(=O)N2CCN(S(=O)(=O)c3c(C)noc3C)CC2)cc1. The molecule has 0 spiro atoms. The van der Waals surface area contributed by atoms with E-state index in [1.165, 1.54) is 47.6 Å². The third-order valence-electron chi connectivity index (χ3n) is 5.09. The minimum Gasteiger partial charge on any atom is -0.360 e. The standard InChI is InChI=1S/C18H25N5O7S2/c1-13-17(14(2)30-20-13)32(27,28)23-11-9-22(10-12-23)18(24)19-15-5-7-16(8-6-15)31(25,26)21(3)29-4/h5-8H,9-12H2,1-4H3,(H,19,24). The van der Waals surface area contributed by atoms with Gasteiger partial charge in [0.15, 0.2) is 5.76 Å². The van der Waals surface area contributed by atoms with Crippen molar-refractivity contribution in [2.24, 2.45) is 0 Å². The second-order valence-electron chi connectivity index (χ2n) is 7.10. The third kappa shape index (κ3) is 4.63. The van der Waals surface area contributed by atoms with E-state index in [2.05, 4.69) is 10.5 Å². The van der Waals surface area contributed by atoms with Crippen molar-refractivity contribution >= 4 is 31.8 Å². The number of piperazine rings is 1. The molecule has 3 rings (SSSR count). The second kappa shape index (κ2) is 9.15. The summed E-state index contributed by atoms with van der Waals surface area (Å²) >= 11 is 0. The van der Waals surface area contributed by atoms with Crippen molar-refractivity contribution in [3.63, 3.8) is 0 Å². The number of rotatable bonds is 6. The Labute approximate surface area is 186 Å². The van der Waals surface area contributed by atoms with Gasteiger partial charge in [-0.25, -0.2) is 21.6 Å². The molecule has 2 aromatic rings. The number of aryl methyl sites for hydroxylation is 2. The zero-order chi connectivity index (χ0) is 23.7. The topological polar surface area (TPSA) is 142 Å². The first-order valence-electron chi connectivity index (χ1n) is 9.60. The highest BCUT2D eigenvalue weighted by molar-refractivity contribution is 7.89. The minimum atomic E-state index is -3.79. The number of hydroxylamine groups is 1. The van der Waals surface area contributed by atoms with Crippen LogP contribution in [0.2, 0.25) is 0 Å². The van der Waals surface area contributed by atoms with Gasteiger partial charge in [-0.1, -0.05) is 9.63 Å². The largest absolute Gasteiger partial charge is 0.360 e. The average molecular weight is 488 g/mol. The molecule has 0 atom stereocenters. The molecule has 1 aliphatic heterocycles. The quantitative estimate of drug-likeness (QED) is 0.595. The molecule has 1 fully saturated rings. The Hall–Kier alpha value is -2.52. The van der Waals surface area contributed by atoms with E-state index in [4.69, 9.17) is 9.36 Å². The van der Waals surface area contributed by atoms with Crippen LogP contribution in [0.15, 0.2) is 38.6 Å². The third-order valence-corrected chi connectivity index (χ3v) is 8.93. The van der Waals surface area contributed by atoms with Crippen molar-refractivity contribution in [2.75, 3.05) is 45.7 Å². The number of amides is 2. The molecule has 1 saturated heterocycles. The number of hydrogen-bond acceptors (Lipinski definition) is 8. The molecule has 0 bridgehead atoms. The summed E-state index contributed by atoms with van der Waals surface area (Å²) in [5, 5.41) is 6.39. The Bertz CT molecular complexity index is 1170. The normalized spacial score (nSPS) is 15.8. The lowest BCUT2D eigenvalue weighted by molar-refractivity contribution is -0.0258. The maximum atomic E-state index is 12.9. The predicted octanol–water partition coefficient (Wildman–Crippen LogP) is 1.01. The smallest absolute Gasteiger partial charge is 0.321 e. The van der Waals surface area contributed by atoms with Gasteiger partial charge in [-0.15, -0.1) is 0 Å². The molecule has 0 saturated carbocycles. The average Bonchev–Trinajstić information content (AvgIpc) is 3.12. The first kappa shape index (κ1) is 24.1. The van der Waals surface area contributed by atoms with Crippen molar-refractivity contribution in [1.29, 1.82) is 0 Å². The molecule has 176 valence electrons. The number of sulfonamides is 2. The number of carbonyl (C=O) groups is 1. The Morgan fingerprint density at radius 2 is 1.69 bits per heavy atom. The molecule has 0 aliphatic carbocycles. The zero-order valence-electron chi connectivity index (χ0n) is 18.1. The van der Waals surface area contributed by atoms with Gasteiger partial charge in [0.25, 0.3) is 10.0 Å². The number of urea groups is 1. The van der Waals surface area contributed by atoms with E-state index in [1.807, 2.05) is 0 Å². The van der Waals surface area contributed by atoms with Crippen molar-refractivity contribution < 1.29 is 31.0 Å². The lowest BCUT2D eigenvalue weighted by atomic mass is 10.3. The second-order valence-corrected chi connectivity index (χ2v) is 10.9. The number of nitrogens with one attached hydrogen (secondary N) is 1. The van der Waals surface area contributed by atoms with Gasteiger partial charge in [-0.3, -0.25) is 4.84 Å². The van der Waals surface area contributed by atoms with E-state index in [0.717, 1.165) is 4.47 Å². The fraction of sp³-hybridized carbons (Fsp3) is 0.444. The molecule has 1 aliphatic rings. The lowest BCUT2D eigenvalue weighted by Crippen LogP contribution is -2.51. The van der Waals surface area contributed by atoms with E-state index >= 15 is 0 Å². The summed E-state index contributed by atoms with van der Waals surface area (Å²) in [4.78, 5) is 18.9. The van der Waals surface area contributed by atoms with Crippen LogP contribution >= 0.6 is 0 Å². The molecule has 0 radical (unpaired) electrons. The summed E-state index contributed by atoms with van der Waals surface area (Å²) in [6, 6.07) is 5.23. The molecule has 0 unspecified atom stereocenters. The van der Waals surface area contributed by atoms with Crippen molar-refractivity contribution in [3.05, 3.63) is 35.7 Å². The maximum Gasteiger partial charge on any atom is 0.321 e. The van der Waals surface area contributed by atoms with Crippen molar-refractivity contribution in [2.45, 2.75) is 23.6 Å². The van der Waals surface area contributed by atoms with Gasteiger partial charge in [0, 0.05) is 38.9 Å². The highest BCUT2D eigenvalue weighted by Crippen LogP contribution is 2.24. The Kier molecular flexibility index (Phi) is 6.90. The van der Waals surface area contributed by atoms with Gasteiger partial charge in [-0.2, -0.15) is 4.31 Å². The molecular formula is C18H25N5O7S2. The summed E-state index contributed by atoms with van der Waals surface area (Å²) < 4.78 is 57.2. The van der Waals surface area contributed by atoms with Gasteiger partial charge in [0.2, 0.25) is 10.0 Å². The number of carbonyl (C=O) groups excluding carboxylic acids is 1. The summed E-state index contributed by atoms with van der Waals surface area (Å²) in [5.41, 5.74) is 0.699. The molecule has 14 heteroatoms. The van der Waals surface area contributed by atoms with Crippen LogP contribution < -0.4 is 5.32 Å². The summed E-state index contributed by atoms with van der Waals surface area (Å²) in [6.45, 7) is 3.75. The van der Waals surface area contributed by atoms with Crippen LogP contribution in [-0.2, 0) is 24.9 Å². The highest BCUT2D eigenvalue weighted by Gasteiger charge is 2.34. The van der Waals surface area contributed by atoms with Crippen LogP contribution in [0, 0.1) is 13.8 Å². The van der Waals surface area contributed by atoms with Crippen LogP contribution in [0.3, 0.4) is 0 Å². The van der Waals surface area contributed by atoms with Crippen LogP contribution in [0.4, 0.5) is 10.5 Å². The maximum absolute atomic E-state index is 12.9. The van der Waals surface area contributed by atoms with Gasteiger partial charge >= 0.3 is 6.03 Å². The highest BCUT2D eigenvalue weighted by atomic mass is 32.2. The summed E-state index contributed by atoms with van der Waals surface area (Å²) in [5.74, 6) is 0.227. The van der Waals surface area contributed by atoms with Crippen LogP contribution in [0.25, 0.3) is 0 Å². The first-order valence-corrected chi connectivity index (χ1v) is 12.5. The van der Waals surface area contributed by atoms with E-state index in [-0.39, 0.29) is 41.7 Å². The van der Waals surface area contributed by atoms with Crippen LogP contribution in [-0.4, -0.2) is 82.0 Å². The molecule has 32 heavy (non-hydrogen) atoms. The molecule has 1 aromatic carbocycles. The molecule has 1 N–H and O–H groups in total. The van der Waals surface area contributed by atoms with Crippen molar-refractivity contribution in [1.82, 2.24) is 18.8 Å². The predicted molar refractivity (Wildman–Crippen MR) is 114 cm³/mol. The van der Waals surface area contributed by atoms with Crippen LogP contribution in [0.1, 0.15) is 11.5 Å². The summed E-state index contributed by atoms with van der Waals surface area (Å²) in [6.07, 6.45) is 0. The Balaban J connectivity index is 1.62. The van der Waals surface area contributed by atoms with E-state index < -0.39 is 26.1 Å². The monoisotopic (exact) mass is 487 g/mol. The van der Waals surface area contributed by atoms with Crippen LogP contribution in [0.5, 0.6) is 0 Å². The van der Waals surface area contributed by atoms with Gasteiger partial charge in [0.05, 0.1) is 12.0 Å². The van der Waals surface area contributed by atoms with Gasteiger partial charge in [0.1, 0.15) is 10.6 Å². The number of aromatic nitrogens is 1. The molecule has 1 aromatic heterocycles. The van der Waals surface area contributed by atoms with Gasteiger partial charge < -0.3 is 14.7 Å². The first-order chi connectivity index (χ1) is 15.0. The lowest BCUT2D eigenvalue weighted by Gasteiger charge is -2.33. The minimum absolute atomic E-state index is 0.0120.